The minimum absolute atomic E-state index is 0.135. The summed E-state index contributed by atoms with van der Waals surface area (Å²) in [6.45, 7) is 1.63. The number of imide groups is 1. The van der Waals surface area contributed by atoms with Crippen LogP contribution in [0.1, 0.15) is 19.8 Å². The number of nitrogens with one attached hydrogen (secondary N) is 2. The van der Waals surface area contributed by atoms with Crippen LogP contribution in [0.4, 0.5) is 4.79 Å². The van der Waals surface area contributed by atoms with E-state index >= 15 is 0 Å². The third-order valence-electron chi connectivity index (χ3n) is 3.79. The van der Waals surface area contributed by atoms with Gasteiger partial charge in [0, 0.05) is 26.1 Å². The summed E-state index contributed by atoms with van der Waals surface area (Å²) < 4.78 is 5.11. The first-order valence-corrected chi connectivity index (χ1v) is 6.59. The summed E-state index contributed by atoms with van der Waals surface area (Å²) in [4.78, 5) is 47.6. The molecule has 0 radical (unpaired) electrons. The highest BCUT2D eigenvalue weighted by molar-refractivity contribution is 6.04. The van der Waals surface area contributed by atoms with Crippen molar-refractivity contribution < 1.29 is 29.0 Å². The predicted octanol–water partition coefficient (Wildman–Crippen LogP) is -1.32. The van der Waals surface area contributed by atoms with Gasteiger partial charge in [0.1, 0.15) is 18.1 Å². The van der Waals surface area contributed by atoms with Gasteiger partial charge in [0.05, 0.1) is 0 Å². The summed E-state index contributed by atoms with van der Waals surface area (Å²) in [5.74, 6) is -2.33. The van der Waals surface area contributed by atoms with Crippen LogP contribution in [0.2, 0.25) is 0 Å². The van der Waals surface area contributed by atoms with Crippen LogP contribution in [-0.4, -0.2) is 65.2 Å². The third-order valence-corrected chi connectivity index (χ3v) is 3.79. The minimum Gasteiger partial charge on any atom is -0.480 e. The second-order valence-electron chi connectivity index (χ2n) is 5.15. The number of ether oxygens (including phenoxy) is 1. The Kier molecular flexibility index (Phi) is 4.12. The number of aliphatic carboxylic acids is 1. The van der Waals surface area contributed by atoms with Crippen LogP contribution in [-0.2, 0) is 19.1 Å². The number of hydrogen-bond acceptors (Lipinski definition) is 5. The number of carbonyl (C=O) groups excluding carboxylic acids is 3. The van der Waals surface area contributed by atoms with Crippen molar-refractivity contribution >= 4 is 23.8 Å². The zero-order valence-corrected chi connectivity index (χ0v) is 11.5. The van der Waals surface area contributed by atoms with Gasteiger partial charge < -0.3 is 20.1 Å². The first kappa shape index (κ1) is 15.2. The van der Waals surface area contributed by atoms with Gasteiger partial charge in [-0.25, -0.2) is 9.59 Å². The highest BCUT2D eigenvalue weighted by Crippen LogP contribution is 2.22. The van der Waals surface area contributed by atoms with E-state index in [2.05, 4.69) is 10.6 Å². The average Bonchev–Trinajstić information content (AvgIpc) is 2.43. The molecule has 0 aromatic heterocycles. The molecule has 4 amide bonds. The molecule has 21 heavy (non-hydrogen) atoms. The van der Waals surface area contributed by atoms with E-state index in [0.29, 0.717) is 0 Å². The van der Waals surface area contributed by atoms with E-state index in [1.54, 1.807) is 0 Å². The molecule has 1 atom stereocenters. The normalized spacial score (nSPS) is 25.2. The lowest BCUT2D eigenvalue weighted by atomic mass is 9.90. The van der Waals surface area contributed by atoms with E-state index in [4.69, 9.17) is 4.74 Å². The van der Waals surface area contributed by atoms with Crippen molar-refractivity contribution in [3.63, 3.8) is 0 Å². The highest BCUT2D eigenvalue weighted by atomic mass is 16.5. The molecule has 0 aromatic rings. The van der Waals surface area contributed by atoms with E-state index in [-0.39, 0.29) is 32.6 Å². The van der Waals surface area contributed by atoms with Crippen molar-refractivity contribution in [1.82, 2.24) is 15.5 Å². The van der Waals surface area contributed by atoms with Crippen molar-refractivity contribution in [2.24, 2.45) is 0 Å². The third kappa shape index (κ3) is 2.97. The Hall–Kier alpha value is -2.16. The summed E-state index contributed by atoms with van der Waals surface area (Å²) in [7, 11) is 0. The predicted molar refractivity (Wildman–Crippen MR) is 68.3 cm³/mol. The summed E-state index contributed by atoms with van der Waals surface area (Å²) >= 11 is 0. The summed E-state index contributed by atoms with van der Waals surface area (Å²) in [5, 5.41) is 13.9. The van der Waals surface area contributed by atoms with Gasteiger partial charge in [-0.3, -0.25) is 14.9 Å². The molecule has 2 aliphatic heterocycles. The van der Waals surface area contributed by atoms with E-state index in [1.807, 2.05) is 0 Å². The number of nitrogens with zero attached hydrogens (tertiary/aromatic N) is 1. The number of urea groups is 1. The molecule has 0 aliphatic carbocycles. The molecule has 9 heteroatoms. The number of carbonyl (C=O) groups is 4. The van der Waals surface area contributed by atoms with Crippen LogP contribution in [0, 0.1) is 0 Å². The molecule has 2 heterocycles. The van der Waals surface area contributed by atoms with E-state index in [1.165, 1.54) is 6.92 Å². The number of rotatable bonds is 2. The molecule has 2 rings (SSSR count). The smallest absolute Gasteiger partial charge is 0.329 e. The van der Waals surface area contributed by atoms with Crippen LogP contribution in [0.5, 0.6) is 0 Å². The standard InChI is InChI=1S/C12H17N3O6/c1-7-9(17)13-8(16)6-15(7)11(20)14-12(10(18)19)2-4-21-5-3-12/h7H,2-6H2,1H3,(H,14,20)(H,18,19)(H,13,16,17). The number of carboxylic acids is 1. The molecular formula is C12H17N3O6. The van der Waals surface area contributed by atoms with Crippen molar-refractivity contribution in [3.05, 3.63) is 0 Å². The second-order valence-corrected chi connectivity index (χ2v) is 5.15. The highest BCUT2D eigenvalue weighted by Gasteiger charge is 2.44. The van der Waals surface area contributed by atoms with Crippen LogP contribution in [0.25, 0.3) is 0 Å². The van der Waals surface area contributed by atoms with Gasteiger partial charge in [0.25, 0.3) is 0 Å². The van der Waals surface area contributed by atoms with Crippen LogP contribution >= 0.6 is 0 Å². The maximum atomic E-state index is 12.3. The molecule has 0 bridgehead atoms. The van der Waals surface area contributed by atoms with Crippen molar-refractivity contribution in [2.75, 3.05) is 19.8 Å². The Labute approximate surface area is 120 Å². The summed E-state index contributed by atoms with van der Waals surface area (Å²) in [6.07, 6.45) is 0.271. The largest absolute Gasteiger partial charge is 0.480 e. The van der Waals surface area contributed by atoms with Gasteiger partial charge in [-0.15, -0.1) is 0 Å². The molecule has 0 aromatic carbocycles. The molecule has 2 fully saturated rings. The fraction of sp³-hybridized carbons (Fsp3) is 0.667. The van der Waals surface area contributed by atoms with Gasteiger partial charge in [-0.05, 0) is 6.92 Å². The molecule has 116 valence electrons. The van der Waals surface area contributed by atoms with Crippen LogP contribution in [0.3, 0.4) is 0 Å². The van der Waals surface area contributed by atoms with Crippen molar-refractivity contribution in [1.29, 1.82) is 0 Å². The Morgan fingerprint density at radius 3 is 2.57 bits per heavy atom. The van der Waals surface area contributed by atoms with Gasteiger partial charge in [-0.1, -0.05) is 0 Å². The molecule has 0 saturated carbocycles. The molecular weight excluding hydrogens is 282 g/mol. The monoisotopic (exact) mass is 299 g/mol. The lowest BCUT2D eigenvalue weighted by molar-refractivity contribution is -0.148. The first-order valence-electron chi connectivity index (χ1n) is 6.59. The van der Waals surface area contributed by atoms with E-state index in [9.17, 15) is 24.3 Å². The quantitative estimate of drug-likeness (QED) is 0.543. The lowest BCUT2D eigenvalue weighted by Gasteiger charge is -2.38. The molecule has 2 saturated heterocycles. The Bertz CT molecular complexity index is 485. The van der Waals surface area contributed by atoms with Gasteiger partial charge >= 0.3 is 12.0 Å². The molecule has 1 unspecified atom stereocenters. The Morgan fingerprint density at radius 2 is 2.00 bits per heavy atom. The molecule has 0 spiro atoms. The molecule has 2 aliphatic rings. The number of amides is 4. The minimum atomic E-state index is -1.42. The number of piperazine rings is 1. The average molecular weight is 299 g/mol. The fourth-order valence-electron chi connectivity index (χ4n) is 2.35. The second kappa shape index (κ2) is 5.68. The molecule has 9 nitrogen and oxygen atoms in total. The van der Waals surface area contributed by atoms with E-state index < -0.39 is 35.4 Å². The van der Waals surface area contributed by atoms with Gasteiger partial charge in [0.15, 0.2) is 0 Å². The zero-order chi connectivity index (χ0) is 15.6. The van der Waals surface area contributed by atoms with Crippen molar-refractivity contribution in [3.8, 4) is 0 Å². The zero-order valence-electron chi connectivity index (χ0n) is 11.5. The fourth-order valence-corrected chi connectivity index (χ4v) is 2.35. The number of hydrogen-bond donors (Lipinski definition) is 3. The van der Waals surface area contributed by atoms with Gasteiger partial charge in [-0.2, -0.15) is 0 Å². The molecule has 3 N–H and O–H groups in total. The van der Waals surface area contributed by atoms with Crippen LogP contribution in [0.15, 0.2) is 0 Å². The number of carboxylic acid groups (broad SMARTS) is 1. The lowest BCUT2D eigenvalue weighted by Crippen LogP contribution is -2.65. The summed E-state index contributed by atoms with van der Waals surface area (Å²) in [6, 6.07) is -1.58. The Morgan fingerprint density at radius 1 is 1.38 bits per heavy atom. The SMILES string of the molecule is CC1C(=O)NC(=O)CN1C(=O)NC1(C(=O)O)CCOCC1. The van der Waals surface area contributed by atoms with Crippen LogP contribution < -0.4 is 10.6 Å². The first-order chi connectivity index (χ1) is 9.85. The summed E-state index contributed by atoms with van der Waals surface area (Å²) in [5.41, 5.74) is -1.42. The van der Waals surface area contributed by atoms with Crippen molar-refractivity contribution in [2.45, 2.75) is 31.3 Å². The van der Waals surface area contributed by atoms with E-state index in [0.717, 1.165) is 4.90 Å². The Balaban J connectivity index is 2.13. The maximum absolute atomic E-state index is 12.3. The maximum Gasteiger partial charge on any atom is 0.329 e. The topological polar surface area (TPSA) is 125 Å². The van der Waals surface area contributed by atoms with Gasteiger partial charge in [0.2, 0.25) is 11.8 Å².